The van der Waals surface area contributed by atoms with Crippen LogP contribution in [0.15, 0.2) is 24.3 Å². The average molecular weight is 290 g/mol. The lowest BCUT2D eigenvalue weighted by Gasteiger charge is -2.28. The van der Waals surface area contributed by atoms with Crippen molar-refractivity contribution in [2.75, 3.05) is 6.54 Å². The van der Waals surface area contributed by atoms with Gasteiger partial charge in [0.2, 0.25) is 0 Å². The highest BCUT2D eigenvalue weighted by Crippen LogP contribution is 2.27. The van der Waals surface area contributed by atoms with Crippen molar-refractivity contribution in [1.82, 2.24) is 10.3 Å². The Bertz CT molecular complexity index is 535. The number of hydrogen-bond donors (Lipinski definition) is 2. The molecule has 4 heteroatoms. The fraction of sp³-hybridized carbons (Fsp3) is 0.562. The van der Waals surface area contributed by atoms with Crippen molar-refractivity contribution in [2.45, 2.75) is 44.8 Å². The number of fused-ring (bicyclic) bond motifs is 1. The third-order valence-corrected chi connectivity index (χ3v) is 5.46. The lowest BCUT2D eigenvalue weighted by Crippen LogP contribution is -2.34. The molecule has 1 aliphatic carbocycles. The maximum absolute atomic E-state index is 10.0. The van der Waals surface area contributed by atoms with Crippen LogP contribution >= 0.6 is 11.3 Å². The molecule has 3 rings (SSSR count). The van der Waals surface area contributed by atoms with Crippen molar-refractivity contribution in [3.8, 4) is 0 Å². The number of hydrogen-bond acceptors (Lipinski definition) is 4. The average Bonchev–Trinajstić information content (AvgIpc) is 2.90. The molecule has 0 aliphatic heterocycles. The number of nitrogens with one attached hydrogen (secondary N) is 1. The molecule has 0 radical (unpaired) electrons. The van der Waals surface area contributed by atoms with E-state index in [9.17, 15) is 5.11 Å². The molecule has 3 atom stereocenters. The van der Waals surface area contributed by atoms with E-state index in [1.54, 1.807) is 11.3 Å². The van der Waals surface area contributed by atoms with Gasteiger partial charge in [0.15, 0.2) is 0 Å². The molecule has 0 bridgehead atoms. The first-order valence-corrected chi connectivity index (χ1v) is 8.32. The summed E-state index contributed by atoms with van der Waals surface area (Å²) in [4.78, 5) is 4.69. The van der Waals surface area contributed by atoms with Gasteiger partial charge in [0, 0.05) is 6.54 Å². The van der Waals surface area contributed by atoms with Crippen molar-refractivity contribution in [3.63, 3.8) is 0 Å². The van der Waals surface area contributed by atoms with Crippen LogP contribution in [-0.4, -0.2) is 22.7 Å². The van der Waals surface area contributed by atoms with Crippen LogP contribution in [0.25, 0.3) is 10.2 Å². The van der Waals surface area contributed by atoms with Crippen LogP contribution in [0.5, 0.6) is 0 Å². The second-order valence-electron chi connectivity index (χ2n) is 5.76. The number of nitrogens with zero attached hydrogens (tertiary/aromatic N) is 1. The van der Waals surface area contributed by atoms with Gasteiger partial charge >= 0.3 is 0 Å². The standard InChI is InChI=1S/C16H22N2OS/c1-11(17-10-12-6-2-4-8-14(12)19)16-18-13-7-3-5-9-15(13)20-16/h3,5,7,9,11-12,14,17,19H,2,4,6,8,10H2,1H3. The third-order valence-electron chi connectivity index (χ3n) is 4.24. The Kier molecular flexibility index (Phi) is 4.34. The summed E-state index contributed by atoms with van der Waals surface area (Å²) in [5.74, 6) is 0.403. The van der Waals surface area contributed by atoms with Crippen LogP contribution in [0, 0.1) is 5.92 Å². The number of aliphatic hydroxyl groups is 1. The first-order chi connectivity index (χ1) is 9.74. The molecule has 3 nitrogen and oxygen atoms in total. The van der Waals surface area contributed by atoms with Gasteiger partial charge < -0.3 is 10.4 Å². The Morgan fingerprint density at radius 1 is 1.35 bits per heavy atom. The van der Waals surface area contributed by atoms with E-state index in [0.717, 1.165) is 29.9 Å². The largest absolute Gasteiger partial charge is 0.393 e. The monoisotopic (exact) mass is 290 g/mol. The minimum Gasteiger partial charge on any atom is -0.393 e. The van der Waals surface area contributed by atoms with Gasteiger partial charge in [0.05, 0.1) is 22.4 Å². The zero-order valence-electron chi connectivity index (χ0n) is 11.9. The Morgan fingerprint density at radius 2 is 2.15 bits per heavy atom. The SMILES string of the molecule is CC(NCC1CCCCC1O)c1nc2ccccc2s1. The number of benzene rings is 1. The minimum atomic E-state index is -0.126. The minimum absolute atomic E-state index is 0.126. The van der Waals surface area contributed by atoms with Crippen LogP contribution in [-0.2, 0) is 0 Å². The maximum Gasteiger partial charge on any atom is 0.111 e. The van der Waals surface area contributed by atoms with Crippen LogP contribution < -0.4 is 5.32 Å². The van der Waals surface area contributed by atoms with Gasteiger partial charge in [-0.15, -0.1) is 11.3 Å². The topological polar surface area (TPSA) is 45.1 Å². The molecule has 0 spiro atoms. The summed E-state index contributed by atoms with van der Waals surface area (Å²) in [6, 6.07) is 8.52. The highest BCUT2D eigenvalue weighted by atomic mass is 32.1. The molecular weight excluding hydrogens is 268 g/mol. The quantitative estimate of drug-likeness (QED) is 0.906. The lowest BCUT2D eigenvalue weighted by molar-refractivity contribution is 0.0684. The Hall–Kier alpha value is -0.970. The summed E-state index contributed by atoms with van der Waals surface area (Å²) >= 11 is 1.76. The lowest BCUT2D eigenvalue weighted by atomic mass is 9.86. The van der Waals surface area contributed by atoms with Crippen LogP contribution in [0.1, 0.15) is 43.7 Å². The maximum atomic E-state index is 10.0. The number of rotatable bonds is 4. The zero-order chi connectivity index (χ0) is 13.9. The smallest absolute Gasteiger partial charge is 0.111 e. The van der Waals surface area contributed by atoms with E-state index in [1.165, 1.54) is 17.5 Å². The van der Waals surface area contributed by atoms with Gasteiger partial charge in [-0.3, -0.25) is 0 Å². The van der Waals surface area contributed by atoms with E-state index >= 15 is 0 Å². The normalized spacial score (nSPS) is 24.9. The molecule has 1 heterocycles. The van der Waals surface area contributed by atoms with Crippen LogP contribution in [0.3, 0.4) is 0 Å². The number of aromatic nitrogens is 1. The van der Waals surface area contributed by atoms with E-state index in [2.05, 4.69) is 35.4 Å². The van der Waals surface area contributed by atoms with Crippen molar-refractivity contribution >= 4 is 21.6 Å². The molecule has 0 saturated heterocycles. The van der Waals surface area contributed by atoms with Crippen molar-refractivity contribution in [3.05, 3.63) is 29.3 Å². The van der Waals surface area contributed by atoms with Gasteiger partial charge in [-0.05, 0) is 37.8 Å². The highest BCUT2D eigenvalue weighted by molar-refractivity contribution is 7.18. The first-order valence-electron chi connectivity index (χ1n) is 7.51. The highest BCUT2D eigenvalue weighted by Gasteiger charge is 2.23. The molecule has 108 valence electrons. The summed E-state index contributed by atoms with van der Waals surface area (Å²) in [5.41, 5.74) is 1.08. The Labute approximate surface area is 124 Å². The van der Waals surface area contributed by atoms with Crippen LogP contribution in [0.4, 0.5) is 0 Å². The van der Waals surface area contributed by atoms with Gasteiger partial charge in [-0.2, -0.15) is 0 Å². The second kappa shape index (κ2) is 6.20. The van der Waals surface area contributed by atoms with Crippen molar-refractivity contribution < 1.29 is 5.11 Å². The summed E-state index contributed by atoms with van der Waals surface area (Å²) < 4.78 is 1.24. The van der Waals surface area contributed by atoms with Crippen molar-refractivity contribution in [2.24, 2.45) is 5.92 Å². The molecule has 1 fully saturated rings. The van der Waals surface area contributed by atoms with Gasteiger partial charge in [-0.25, -0.2) is 4.98 Å². The fourth-order valence-corrected chi connectivity index (χ4v) is 3.91. The molecule has 2 aromatic rings. The van der Waals surface area contributed by atoms with Crippen LogP contribution in [0.2, 0.25) is 0 Å². The summed E-state index contributed by atoms with van der Waals surface area (Å²) in [6.45, 7) is 3.05. The predicted octanol–water partition coefficient (Wildman–Crippen LogP) is 3.50. The number of thiazole rings is 1. The second-order valence-corrected chi connectivity index (χ2v) is 6.82. The fourth-order valence-electron chi connectivity index (χ4n) is 2.92. The summed E-state index contributed by atoms with van der Waals surface area (Å²) in [5, 5.41) is 14.7. The van der Waals surface area contributed by atoms with Crippen molar-refractivity contribution in [1.29, 1.82) is 0 Å². The molecule has 1 saturated carbocycles. The molecule has 1 aromatic heterocycles. The molecule has 2 N–H and O–H groups in total. The van der Waals surface area contributed by atoms with E-state index in [0.29, 0.717) is 5.92 Å². The van der Waals surface area contributed by atoms with Gasteiger partial charge in [-0.1, -0.05) is 25.0 Å². The summed E-state index contributed by atoms with van der Waals surface area (Å²) in [6.07, 6.45) is 4.39. The molecule has 1 aliphatic rings. The molecule has 3 unspecified atom stereocenters. The third kappa shape index (κ3) is 3.03. The van der Waals surface area contributed by atoms with Gasteiger partial charge in [0.25, 0.3) is 0 Å². The van der Waals surface area contributed by atoms with E-state index < -0.39 is 0 Å². The molecule has 20 heavy (non-hydrogen) atoms. The summed E-state index contributed by atoms with van der Waals surface area (Å²) in [7, 11) is 0. The molecular formula is C16H22N2OS. The Balaban J connectivity index is 1.62. The van der Waals surface area contributed by atoms with E-state index in [4.69, 9.17) is 0 Å². The predicted molar refractivity (Wildman–Crippen MR) is 84.0 cm³/mol. The molecule has 1 aromatic carbocycles. The van der Waals surface area contributed by atoms with Gasteiger partial charge in [0.1, 0.15) is 5.01 Å². The number of aliphatic hydroxyl groups excluding tert-OH is 1. The Morgan fingerprint density at radius 3 is 2.95 bits per heavy atom. The number of para-hydroxylation sites is 1. The van der Waals surface area contributed by atoms with E-state index in [1.807, 2.05) is 6.07 Å². The molecule has 0 amide bonds. The zero-order valence-corrected chi connectivity index (χ0v) is 12.7. The van der Waals surface area contributed by atoms with E-state index in [-0.39, 0.29) is 12.1 Å². The first kappa shape index (κ1) is 14.0.